The molecular formula is C18H29NO2. The maximum atomic E-state index is 13.1. The van der Waals surface area contributed by atoms with Crippen LogP contribution in [-0.2, 0) is 4.79 Å². The number of likely N-dealkylation sites (tertiary alicyclic amines) is 1. The zero-order chi connectivity index (χ0) is 14.4. The Morgan fingerprint density at radius 3 is 2.48 bits per heavy atom. The van der Waals surface area contributed by atoms with Gasteiger partial charge in [0.2, 0.25) is 5.91 Å². The van der Waals surface area contributed by atoms with Gasteiger partial charge in [0.15, 0.2) is 0 Å². The SMILES string of the molecule is O=C1C2CC(O)CC3CCCC(CN1C1CCCCC1)C32. The van der Waals surface area contributed by atoms with Crippen LogP contribution in [0.4, 0.5) is 0 Å². The van der Waals surface area contributed by atoms with Crippen LogP contribution in [-0.4, -0.2) is 34.6 Å². The molecule has 0 aromatic carbocycles. The molecule has 0 bridgehead atoms. The molecule has 1 saturated heterocycles. The highest BCUT2D eigenvalue weighted by Gasteiger charge is 2.51. The number of amides is 1. The zero-order valence-corrected chi connectivity index (χ0v) is 13.0. The molecule has 0 radical (unpaired) electrons. The molecule has 0 spiro atoms. The molecule has 4 fully saturated rings. The molecule has 3 aliphatic carbocycles. The Balaban J connectivity index is 1.57. The van der Waals surface area contributed by atoms with Gasteiger partial charge in [0, 0.05) is 18.5 Å². The van der Waals surface area contributed by atoms with Gasteiger partial charge in [-0.05, 0) is 49.9 Å². The first kappa shape index (κ1) is 14.0. The van der Waals surface area contributed by atoms with E-state index in [1.165, 1.54) is 51.4 Å². The number of aliphatic hydroxyl groups excluding tert-OH is 1. The van der Waals surface area contributed by atoms with E-state index >= 15 is 0 Å². The van der Waals surface area contributed by atoms with Crippen molar-refractivity contribution in [3.63, 3.8) is 0 Å². The first-order valence-electron chi connectivity index (χ1n) is 9.22. The van der Waals surface area contributed by atoms with Crippen LogP contribution in [0.25, 0.3) is 0 Å². The number of rotatable bonds is 1. The van der Waals surface area contributed by atoms with Crippen molar-refractivity contribution in [1.29, 1.82) is 0 Å². The molecule has 5 unspecified atom stereocenters. The van der Waals surface area contributed by atoms with E-state index in [0.29, 0.717) is 23.8 Å². The lowest BCUT2D eigenvalue weighted by atomic mass is 9.58. The van der Waals surface area contributed by atoms with Crippen LogP contribution in [0.2, 0.25) is 0 Å². The monoisotopic (exact) mass is 291 g/mol. The third-order valence-electron chi connectivity index (χ3n) is 6.85. The maximum absolute atomic E-state index is 13.1. The van der Waals surface area contributed by atoms with Crippen LogP contribution < -0.4 is 0 Å². The summed E-state index contributed by atoms with van der Waals surface area (Å²) in [4.78, 5) is 15.3. The maximum Gasteiger partial charge on any atom is 0.226 e. The average Bonchev–Trinajstić information content (AvgIpc) is 2.51. The van der Waals surface area contributed by atoms with Gasteiger partial charge >= 0.3 is 0 Å². The van der Waals surface area contributed by atoms with Crippen LogP contribution in [0.15, 0.2) is 0 Å². The summed E-state index contributed by atoms with van der Waals surface area (Å²) in [6.45, 7) is 1.03. The highest BCUT2D eigenvalue weighted by atomic mass is 16.3. The lowest BCUT2D eigenvalue weighted by Crippen LogP contribution is -2.59. The molecule has 3 heteroatoms. The fraction of sp³-hybridized carbons (Fsp3) is 0.944. The minimum absolute atomic E-state index is 0.139. The van der Waals surface area contributed by atoms with Gasteiger partial charge in [0.05, 0.1) is 6.10 Å². The van der Waals surface area contributed by atoms with Crippen molar-refractivity contribution in [2.75, 3.05) is 6.54 Å². The van der Waals surface area contributed by atoms with Crippen molar-refractivity contribution in [3.8, 4) is 0 Å². The van der Waals surface area contributed by atoms with Crippen molar-refractivity contribution < 1.29 is 9.90 Å². The van der Waals surface area contributed by atoms with E-state index in [9.17, 15) is 9.90 Å². The van der Waals surface area contributed by atoms with Crippen molar-refractivity contribution in [3.05, 3.63) is 0 Å². The number of carbonyl (C=O) groups excluding carboxylic acids is 1. The molecule has 0 aromatic heterocycles. The van der Waals surface area contributed by atoms with Gasteiger partial charge in [-0.1, -0.05) is 32.1 Å². The molecular weight excluding hydrogens is 262 g/mol. The molecule has 1 heterocycles. The number of nitrogens with zero attached hydrogens (tertiary/aromatic N) is 1. The van der Waals surface area contributed by atoms with Gasteiger partial charge < -0.3 is 10.0 Å². The molecule has 1 N–H and O–H groups in total. The summed E-state index contributed by atoms with van der Waals surface area (Å²) in [5.41, 5.74) is 0. The Morgan fingerprint density at radius 1 is 0.905 bits per heavy atom. The predicted octanol–water partition coefficient (Wildman–Crippen LogP) is 2.96. The van der Waals surface area contributed by atoms with Crippen molar-refractivity contribution in [2.45, 2.75) is 76.4 Å². The standard InChI is InChI=1S/C18H29NO2/c20-15-9-12-5-4-6-13-11-19(14-7-2-1-3-8-14)18(21)16(10-15)17(12)13/h12-17,20H,1-11H2. The summed E-state index contributed by atoms with van der Waals surface area (Å²) < 4.78 is 0. The normalized spacial score (nSPS) is 44.5. The molecule has 3 saturated carbocycles. The third-order valence-corrected chi connectivity index (χ3v) is 6.85. The summed E-state index contributed by atoms with van der Waals surface area (Å²) >= 11 is 0. The largest absolute Gasteiger partial charge is 0.393 e. The van der Waals surface area contributed by atoms with E-state index in [-0.39, 0.29) is 12.0 Å². The summed E-state index contributed by atoms with van der Waals surface area (Å²) in [7, 11) is 0. The van der Waals surface area contributed by atoms with Gasteiger partial charge in [0.25, 0.3) is 0 Å². The summed E-state index contributed by atoms with van der Waals surface area (Å²) in [6, 6.07) is 0.506. The molecule has 5 atom stereocenters. The first-order chi connectivity index (χ1) is 10.2. The number of hydrogen-bond donors (Lipinski definition) is 1. The minimum atomic E-state index is -0.231. The zero-order valence-electron chi connectivity index (χ0n) is 13.0. The molecule has 0 aromatic rings. The van der Waals surface area contributed by atoms with E-state index in [0.717, 1.165) is 25.3 Å². The quantitative estimate of drug-likeness (QED) is 0.807. The Labute approximate surface area is 128 Å². The number of aliphatic hydroxyl groups is 1. The number of piperidine rings is 1. The fourth-order valence-electron chi connectivity index (χ4n) is 6.00. The Bertz CT molecular complexity index is 404. The highest BCUT2D eigenvalue weighted by molar-refractivity contribution is 5.80. The smallest absolute Gasteiger partial charge is 0.226 e. The second-order valence-corrected chi connectivity index (χ2v) is 8.04. The average molecular weight is 291 g/mol. The lowest BCUT2D eigenvalue weighted by molar-refractivity contribution is -0.160. The molecule has 118 valence electrons. The van der Waals surface area contributed by atoms with E-state index in [1.54, 1.807) is 0 Å². The Morgan fingerprint density at radius 2 is 1.67 bits per heavy atom. The Kier molecular flexibility index (Phi) is 3.72. The Hall–Kier alpha value is -0.570. The summed E-state index contributed by atoms with van der Waals surface area (Å²) in [6.07, 6.45) is 11.7. The van der Waals surface area contributed by atoms with Crippen molar-refractivity contribution >= 4 is 5.91 Å². The van der Waals surface area contributed by atoms with E-state index in [2.05, 4.69) is 4.90 Å². The van der Waals surface area contributed by atoms with Crippen LogP contribution in [0.5, 0.6) is 0 Å². The molecule has 1 amide bonds. The number of hydrogen-bond acceptors (Lipinski definition) is 2. The third kappa shape index (κ3) is 2.42. The van der Waals surface area contributed by atoms with Gasteiger partial charge in [-0.25, -0.2) is 0 Å². The van der Waals surface area contributed by atoms with E-state index in [1.807, 2.05) is 0 Å². The highest BCUT2D eigenvalue weighted by Crippen LogP contribution is 2.50. The first-order valence-corrected chi connectivity index (χ1v) is 9.22. The molecule has 3 nitrogen and oxygen atoms in total. The van der Waals surface area contributed by atoms with Crippen molar-refractivity contribution in [1.82, 2.24) is 4.90 Å². The lowest BCUT2D eigenvalue weighted by Gasteiger charge is -2.54. The second-order valence-electron chi connectivity index (χ2n) is 8.04. The second kappa shape index (κ2) is 5.57. The van der Waals surface area contributed by atoms with Gasteiger partial charge in [0.1, 0.15) is 0 Å². The topological polar surface area (TPSA) is 40.5 Å². The summed E-state index contributed by atoms with van der Waals surface area (Å²) in [5, 5.41) is 10.2. The predicted molar refractivity (Wildman–Crippen MR) is 81.6 cm³/mol. The van der Waals surface area contributed by atoms with E-state index < -0.39 is 0 Å². The van der Waals surface area contributed by atoms with Crippen molar-refractivity contribution in [2.24, 2.45) is 23.7 Å². The van der Waals surface area contributed by atoms with Crippen LogP contribution in [0.3, 0.4) is 0 Å². The molecule has 4 aliphatic rings. The number of carbonyl (C=O) groups is 1. The van der Waals surface area contributed by atoms with Crippen LogP contribution in [0.1, 0.15) is 64.2 Å². The fourth-order valence-corrected chi connectivity index (χ4v) is 6.00. The van der Waals surface area contributed by atoms with E-state index in [4.69, 9.17) is 0 Å². The van der Waals surface area contributed by atoms with Crippen LogP contribution >= 0.6 is 0 Å². The van der Waals surface area contributed by atoms with Gasteiger partial charge in [-0.3, -0.25) is 4.79 Å². The molecule has 1 aliphatic heterocycles. The molecule has 21 heavy (non-hydrogen) atoms. The van der Waals surface area contributed by atoms with Gasteiger partial charge in [-0.2, -0.15) is 0 Å². The van der Waals surface area contributed by atoms with Crippen LogP contribution in [0, 0.1) is 23.7 Å². The summed E-state index contributed by atoms with van der Waals surface area (Å²) in [5.74, 6) is 2.47. The minimum Gasteiger partial charge on any atom is -0.393 e. The van der Waals surface area contributed by atoms with Gasteiger partial charge in [-0.15, -0.1) is 0 Å². The molecule has 4 rings (SSSR count).